The molecule has 1 N–H and O–H groups in total. The second-order valence-corrected chi connectivity index (χ2v) is 7.23. The Hall–Kier alpha value is -0.850. The molecule has 2 aliphatic rings. The van der Waals surface area contributed by atoms with Crippen LogP contribution in [0.4, 0.5) is 0 Å². The fourth-order valence-electron chi connectivity index (χ4n) is 3.18. The topological polar surface area (TPSA) is 62.5 Å². The molecule has 2 atom stereocenters. The highest BCUT2D eigenvalue weighted by Gasteiger charge is 2.44. The fraction of sp³-hybridized carbons (Fsp3) is 0.667. The number of aryl methyl sites for hydroxylation is 1. The predicted octanol–water partition coefficient (Wildman–Crippen LogP) is 0.690. The minimum atomic E-state index is -3.38. The lowest BCUT2D eigenvalue weighted by Crippen LogP contribution is -2.37. The van der Waals surface area contributed by atoms with Crippen LogP contribution in [-0.4, -0.2) is 35.0 Å². The van der Waals surface area contributed by atoms with E-state index in [1.807, 2.05) is 0 Å². The Bertz CT molecular complexity index is 564. The van der Waals surface area contributed by atoms with Crippen molar-refractivity contribution in [1.29, 1.82) is 0 Å². The molecule has 2 fully saturated rings. The van der Waals surface area contributed by atoms with Crippen LogP contribution in [0, 0.1) is 5.92 Å². The predicted molar refractivity (Wildman–Crippen MR) is 66.4 cm³/mol. The van der Waals surface area contributed by atoms with Crippen LogP contribution in [0.25, 0.3) is 0 Å². The molecule has 2 bridgehead atoms. The van der Waals surface area contributed by atoms with Crippen molar-refractivity contribution in [3.63, 3.8) is 0 Å². The molecule has 0 radical (unpaired) electrons. The number of piperidine rings is 1. The molecule has 0 spiro atoms. The lowest BCUT2D eigenvalue weighted by atomic mass is 10.1. The van der Waals surface area contributed by atoms with Gasteiger partial charge in [-0.2, -0.15) is 4.31 Å². The van der Waals surface area contributed by atoms with Crippen molar-refractivity contribution in [3.05, 3.63) is 18.0 Å². The van der Waals surface area contributed by atoms with E-state index in [-0.39, 0.29) is 12.6 Å². The molecule has 1 aliphatic carbocycles. The van der Waals surface area contributed by atoms with E-state index in [1.54, 1.807) is 28.2 Å². The van der Waals surface area contributed by atoms with Gasteiger partial charge in [-0.15, -0.1) is 0 Å². The van der Waals surface area contributed by atoms with Crippen LogP contribution in [-0.2, 0) is 23.7 Å². The number of sulfonamides is 1. The van der Waals surface area contributed by atoms with Crippen molar-refractivity contribution in [2.45, 2.75) is 36.8 Å². The highest BCUT2D eigenvalue weighted by atomic mass is 32.2. The average Bonchev–Trinajstić information content (AvgIpc) is 3.02. The molecule has 1 aromatic heterocycles. The highest BCUT2D eigenvalue weighted by molar-refractivity contribution is 7.89. The number of aliphatic hydroxyl groups is 1. The lowest BCUT2D eigenvalue weighted by molar-refractivity contribution is 0.272. The SMILES string of the molecule is Cn1cc(S(=O)(=O)N2CC3CCC2C3)cc1CO. The van der Waals surface area contributed by atoms with E-state index in [0.717, 1.165) is 19.3 Å². The summed E-state index contributed by atoms with van der Waals surface area (Å²) in [6.07, 6.45) is 4.75. The van der Waals surface area contributed by atoms with Gasteiger partial charge >= 0.3 is 0 Å². The van der Waals surface area contributed by atoms with E-state index in [0.29, 0.717) is 23.1 Å². The number of hydrogen-bond donors (Lipinski definition) is 1. The maximum atomic E-state index is 12.5. The van der Waals surface area contributed by atoms with Crippen molar-refractivity contribution in [3.8, 4) is 0 Å². The summed E-state index contributed by atoms with van der Waals surface area (Å²) in [6, 6.07) is 1.76. The molecule has 6 heteroatoms. The van der Waals surface area contributed by atoms with Gasteiger partial charge in [0.25, 0.3) is 0 Å². The van der Waals surface area contributed by atoms with E-state index in [4.69, 9.17) is 5.11 Å². The van der Waals surface area contributed by atoms with E-state index in [1.165, 1.54) is 0 Å². The van der Waals surface area contributed by atoms with Crippen molar-refractivity contribution in [2.24, 2.45) is 13.0 Å². The molecular weight excluding hydrogens is 252 g/mol. The van der Waals surface area contributed by atoms with Crippen LogP contribution in [0.5, 0.6) is 0 Å². The quantitative estimate of drug-likeness (QED) is 0.879. The minimum absolute atomic E-state index is 0.141. The van der Waals surface area contributed by atoms with Crippen molar-refractivity contribution < 1.29 is 13.5 Å². The monoisotopic (exact) mass is 270 g/mol. The Balaban J connectivity index is 1.94. The Morgan fingerprint density at radius 1 is 1.44 bits per heavy atom. The second-order valence-electron chi connectivity index (χ2n) is 5.34. The summed E-state index contributed by atoms with van der Waals surface area (Å²) >= 11 is 0. The summed E-state index contributed by atoms with van der Waals surface area (Å²) in [5, 5.41) is 9.14. The zero-order chi connectivity index (χ0) is 12.9. The minimum Gasteiger partial charge on any atom is -0.390 e. The van der Waals surface area contributed by atoms with Gasteiger partial charge in [-0.3, -0.25) is 0 Å². The van der Waals surface area contributed by atoms with Crippen molar-refractivity contribution in [2.75, 3.05) is 6.54 Å². The third-order valence-electron chi connectivity index (χ3n) is 4.21. The van der Waals surface area contributed by atoms with E-state index in [2.05, 4.69) is 0 Å². The Labute approximate surface area is 107 Å². The molecule has 5 nitrogen and oxygen atoms in total. The molecular formula is C12H18N2O3S. The number of aromatic nitrogens is 1. The number of aliphatic hydroxyl groups excluding tert-OH is 1. The van der Waals surface area contributed by atoms with Gasteiger partial charge in [0, 0.05) is 31.5 Å². The Morgan fingerprint density at radius 2 is 2.22 bits per heavy atom. The molecule has 0 amide bonds. The molecule has 18 heavy (non-hydrogen) atoms. The summed E-state index contributed by atoms with van der Waals surface area (Å²) in [7, 11) is -1.63. The molecule has 2 unspecified atom stereocenters. The summed E-state index contributed by atoms with van der Waals surface area (Å²) in [4.78, 5) is 0.307. The number of hydrogen-bond acceptors (Lipinski definition) is 3. The molecule has 1 saturated heterocycles. The smallest absolute Gasteiger partial charge is 0.244 e. The zero-order valence-corrected chi connectivity index (χ0v) is 11.2. The normalized spacial score (nSPS) is 28.1. The third-order valence-corrected chi connectivity index (χ3v) is 6.09. The molecule has 1 saturated carbocycles. The van der Waals surface area contributed by atoms with Gasteiger partial charge in [0.1, 0.15) is 4.90 Å². The van der Waals surface area contributed by atoms with Crippen LogP contribution in [0.1, 0.15) is 25.0 Å². The first kappa shape index (κ1) is 12.2. The molecule has 2 heterocycles. The number of rotatable bonds is 3. The van der Waals surface area contributed by atoms with E-state index in [9.17, 15) is 8.42 Å². The maximum absolute atomic E-state index is 12.5. The van der Waals surface area contributed by atoms with Gasteiger partial charge in [0.15, 0.2) is 0 Å². The Kier molecular flexibility index (Phi) is 2.76. The lowest BCUT2D eigenvalue weighted by Gasteiger charge is -2.25. The average molecular weight is 270 g/mol. The van der Waals surface area contributed by atoms with Gasteiger partial charge < -0.3 is 9.67 Å². The third kappa shape index (κ3) is 1.71. The highest BCUT2D eigenvalue weighted by Crippen LogP contribution is 2.40. The maximum Gasteiger partial charge on any atom is 0.244 e. The first-order chi connectivity index (χ1) is 8.52. The van der Waals surface area contributed by atoms with Gasteiger partial charge in [-0.25, -0.2) is 8.42 Å². The summed E-state index contributed by atoms with van der Waals surface area (Å²) in [5.41, 5.74) is 0.623. The largest absolute Gasteiger partial charge is 0.390 e. The molecule has 1 aliphatic heterocycles. The van der Waals surface area contributed by atoms with Crippen LogP contribution >= 0.6 is 0 Å². The zero-order valence-electron chi connectivity index (χ0n) is 10.4. The van der Waals surface area contributed by atoms with Gasteiger partial charge in [0.2, 0.25) is 10.0 Å². The first-order valence-electron chi connectivity index (χ1n) is 6.30. The van der Waals surface area contributed by atoms with Crippen LogP contribution in [0.2, 0.25) is 0 Å². The van der Waals surface area contributed by atoms with Crippen LogP contribution in [0.3, 0.4) is 0 Å². The molecule has 100 valence electrons. The summed E-state index contributed by atoms with van der Waals surface area (Å²) in [6.45, 7) is 0.522. The molecule has 1 aromatic rings. The number of nitrogens with zero attached hydrogens (tertiary/aromatic N) is 2. The van der Waals surface area contributed by atoms with Crippen LogP contribution in [0.15, 0.2) is 17.2 Å². The van der Waals surface area contributed by atoms with Crippen molar-refractivity contribution >= 4 is 10.0 Å². The first-order valence-corrected chi connectivity index (χ1v) is 7.74. The van der Waals surface area contributed by atoms with Gasteiger partial charge in [0.05, 0.1) is 6.61 Å². The van der Waals surface area contributed by atoms with E-state index >= 15 is 0 Å². The summed E-state index contributed by atoms with van der Waals surface area (Å²) < 4.78 is 28.4. The Morgan fingerprint density at radius 3 is 2.72 bits per heavy atom. The standard InChI is InChI=1S/C12H18N2O3S/c1-13-7-12(5-11(13)8-15)18(16,17)14-6-9-2-3-10(14)4-9/h5,7,9-10,15H,2-4,6,8H2,1H3. The summed E-state index contributed by atoms with van der Waals surface area (Å²) in [5.74, 6) is 0.547. The van der Waals surface area contributed by atoms with E-state index < -0.39 is 10.0 Å². The second kappa shape index (κ2) is 4.08. The van der Waals surface area contributed by atoms with Crippen molar-refractivity contribution in [1.82, 2.24) is 8.87 Å². The molecule has 0 aromatic carbocycles. The van der Waals surface area contributed by atoms with Crippen LogP contribution < -0.4 is 0 Å². The molecule has 3 rings (SSSR count). The van der Waals surface area contributed by atoms with Gasteiger partial charge in [-0.05, 0) is 31.2 Å². The number of fused-ring (bicyclic) bond motifs is 2. The fourth-order valence-corrected chi connectivity index (χ4v) is 5.02. The van der Waals surface area contributed by atoms with Gasteiger partial charge in [-0.1, -0.05) is 0 Å².